The number of aliphatic imine (C=N–C) groups is 1. The minimum absolute atomic E-state index is 0. The Bertz CT molecular complexity index is 355. The Kier molecular flexibility index (Phi) is 9.00. The van der Waals surface area contributed by atoms with Crippen molar-refractivity contribution in [1.29, 1.82) is 0 Å². The van der Waals surface area contributed by atoms with Gasteiger partial charge in [-0.2, -0.15) is 0 Å². The van der Waals surface area contributed by atoms with Gasteiger partial charge in [0.15, 0.2) is 5.96 Å². The number of hydrogen-bond donors (Lipinski definition) is 2. The third kappa shape index (κ3) is 7.19. The molecule has 2 N–H and O–H groups in total. The molecule has 0 bridgehead atoms. The largest absolute Gasteiger partial charge is 0.444 e. The summed E-state index contributed by atoms with van der Waals surface area (Å²) in [5, 5.41) is 6.20. The highest BCUT2D eigenvalue weighted by Crippen LogP contribution is 2.19. The average molecular weight is 412 g/mol. The monoisotopic (exact) mass is 412 g/mol. The summed E-state index contributed by atoms with van der Waals surface area (Å²) >= 11 is 0. The van der Waals surface area contributed by atoms with Crippen molar-refractivity contribution in [3.63, 3.8) is 0 Å². The Morgan fingerprint density at radius 1 is 1.38 bits per heavy atom. The number of carbonyl (C=O) groups excluding carboxylic acids is 1. The number of nitrogens with one attached hydrogen (secondary N) is 2. The minimum Gasteiger partial charge on any atom is -0.444 e. The maximum absolute atomic E-state index is 12.2. The summed E-state index contributed by atoms with van der Waals surface area (Å²) in [6.45, 7) is 7.13. The molecule has 0 aliphatic carbocycles. The molecule has 1 rings (SSSR count). The maximum atomic E-state index is 12.2. The molecule has 1 heterocycles. The summed E-state index contributed by atoms with van der Waals surface area (Å²) < 4.78 is 5.48. The first-order valence-electron chi connectivity index (χ1n) is 7.25. The number of carbonyl (C=O) groups is 1. The highest BCUT2D eigenvalue weighted by Gasteiger charge is 2.30. The predicted octanol–water partition coefficient (Wildman–Crippen LogP) is 2.19. The van der Waals surface area contributed by atoms with Crippen molar-refractivity contribution >= 4 is 36.0 Å². The van der Waals surface area contributed by atoms with Crippen LogP contribution in [-0.2, 0) is 4.74 Å². The Morgan fingerprint density at radius 2 is 2.05 bits per heavy atom. The molecule has 1 fully saturated rings. The van der Waals surface area contributed by atoms with Crippen LogP contribution in [0.15, 0.2) is 4.99 Å². The predicted molar refractivity (Wildman–Crippen MR) is 96.4 cm³/mol. The summed E-state index contributed by atoms with van der Waals surface area (Å²) in [5.74, 6) is 0.736. The number of piperidine rings is 1. The van der Waals surface area contributed by atoms with Gasteiger partial charge in [-0.3, -0.25) is 4.99 Å². The number of rotatable bonds is 2. The lowest BCUT2D eigenvalue weighted by Crippen LogP contribution is -2.52. The second-order valence-electron chi connectivity index (χ2n) is 6.03. The highest BCUT2D eigenvalue weighted by molar-refractivity contribution is 14.0. The summed E-state index contributed by atoms with van der Waals surface area (Å²) in [6.07, 6.45) is 2.95. The highest BCUT2D eigenvalue weighted by atomic mass is 127. The van der Waals surface area contributed by atoms with Crippen LogP contribution in [0.2, 0.25) is 0 Å². The van der Waals surface area contributed by atoms with Crippen LogP contribution in [-0.4, -0.2) is 55.8 Å². The van der Waals surface area contributed by atoms with E-state index in [0.29, 0.717) is 6.54 Å². The maximum Gasteiger partial charge on any atom is 0.410 e. The molecule has 0 spiro atoms. The Morgan fingerprint density at radius 3 is 2.57 bits per heavy atom. The molecule has 1 atom stereocenters. The minimum atomic E-state index is -0.451. The second-order valence-corrected chi connectivity index (χ2v) is 6.03. The number of guanidine groups is 1. The third-order valence-corrected chi connectivity index (χ3v) is 3.22. The van der Waals surface area contributed by atoms with Gasteiger partial charge in [-0.05, 0) is 40.0 Å². The normalized spacial score (nSPS) is 19.6. The zero-order valence-corrected chi connectivity index (χ0v) is 16.1. The summed E-state index contributed by atoms with van der Waals surface area (Å²) in [4.78, 5) is 18.2. The molecule has 1 aliphatic heterocycles. The number of hydrogen-bond acceptors (Lipinski definition) is 3. The molecule has 21 heavy (non-hydrogen) atoms. The van der Waals surface area contributed by atoms with E-state index in [9.17, 15) is 4.79 Å². The van der Waals surface area contributed by atoms with E-state index < -0.39 is 5.60 Å². The molecule has 124 valence electrons. The Labute approximate surface area is 145 Å². The van der Waals surface area contributed by atoms with Crippen molar-refractivity contribution < 1.29 is 9.53 Å². The number of halogens is 1. The van der Waals surface area contributed by atoms with Gasteiger partial charge in [-0.25, -0.2) is 4.79 Å². The van der Waals surface area contributed by atoms with Gasteiger partial charge in [-0.1, -0.05) is 0 Å². The fourth-order valence-electron chi connectivity index (χ4n) is 2.27. The second kappa shape index (κ2) is 9.32. The molecular weight excluding hydrogens is 383 g/mol. The first-order valence-corrected chi connectivity index (χ1v) is 7.25. The fourth-order valence-corrected chi connectivity index (χ4v) is 2.27. The Balaban J connectivity index is 0.00000400. The van der Waals surface area contributed by atoms with Gasteiger partial charge in [0.05, 0.1) is 6.04 Å². The average Bonchev–Trinajstić information content (AvgIpc) is 2.38. The van der Waals surface area contributed by atoms with E-state index in [1.165, 1.54) is 0 Å². The van der Waals surface area contributed by atoms with Crippen LogP contribution in [0.1, 0.15) is 40.0 Å². The van der Waals surface area contributed by atoms with Crippen LogP contribution < -0.4 is 10.6 Å². The molecule has 1 unspecified atom stereocenters. The van der Waals surface area contributed by atoms with Crippen molar-refractivity contribution in [1.82, 2.24) is 15.5 Å². The molecule has 1 amide bonds. The van der Waals surface area contributed by atoms with E-state index in [1.807, 2.05) is 32.7 Å². The number of ether oxygens (including phenoxy) is 1. The van der Waals surface area contributed by atoms with Gasteiger partial charge in [0, 0.05) is 27.2 Å². The van der Waals surface area contributed by atoms with Crippen molar-refractivity contribution in [2.24, 2.45) is 4.99 Å². The van der Waals surface area contributed by atoms with Crippen molar-refractivity contribution in [2.45, 2.75) is 51.7 Å². The van der Waals surface area contributed by atoms with Gasteiger partial charge < -0.3 is 20.3 Å². The third-order valence-electron chi connectivity index (χ3n) is 3.22. The lowest BCUT2D eigenvalue weighted by molar-refractivity contribution is 0.0104. The summed E-state index contributed by atoms with van der Waals surface area (Å²) in [6, 6.07) is 0.156. The van der Waals surface area contributed by atoms with Gasteiger partial charge in [0.1, 0.15) is 5.60 Å². The van der Waals surface area contributed by atoms with Gasteiger partial charge >= 0.3 is 6.09 Å². The summed E-state index contributed by atoms with van der Waals surface area (Å²) in [7, 11) is 3.55. The quantitative estimate of drug-likeness (QED) is 0.415. The van der Waals surface area contributed by atoms with E-state index in [-0.39, 0.29) is 36.1 Å². The van der Waals surface area contributed by atoms with Crippen LogP contribution >= 0.6 is 24.0 Å². The molecule has 0 saturated carbocycles. The smallest absolute Gasteiger partial charge is 0.410 e. The van der Waals surface area contributed by atoms with Gasteiger partial charge in [0.25, 0.3) is 0 Å². The Hall–Kier alpha value is -0.730. The zero-order valence-electron chi connectivity index (χ0n) is 13.7. The molecular formula is C14H29IN4O2. The van der Waals surface area contributed by atoms with Crippen molar-refractivity contribution in [2.75, 3.05) is 27.2 Å². The van der Waals surface area contributed by atoms with Crippen LogP contribution in [0, 0.1) is 0 Å². The molecule has 1 saturated heterocycles. The SMILES string of the molecule is CN=C(NC)NCC1CCCCN1C(=O)OC(C)(C)C.I. The molecule has 0 aromatic rings. The van der Waals surface area contributed by atoms with Crippen molar-refractivity contribution in [3.05, 3.63) is 0 Å². The summed E-state index contributed by atoms with van der Waals surface area (Å²) in [5.41, 5.74) is -0.451. The lowest BCUT2D eigenvalue weighted by atomic mass is 10.0. The first kappa shape index (κ1) is 20.3. The van der Waals surface area contributed by atoms with E-state index in [0.717, 1.165) is 31.8 Å². The molecule has 0 aromatic heterocycles. The lowest BCUT2D eigenvalue weighted by Gasteiger charge is -2.37. The first-order chi connectivity index (χ1) is 9.37. The standard InChI is InChI=1S/C14H28N4O2.HI/c1-14(2,3)20-13(19)18-9-7-6-8-11(18)10-17-12(15-4)16-5;/h11H,6-10H2,1-5H3,(H2,15,16,17);1H. The zero-order chi connectivity index (χ0) is 15.2. The van der Waals surface area contributed by atoms with Crippen LogP contribution in [0.25, 0.3) is 0 Å². The van der Waals surface area contributed by atoms with Crippen LogP contribution in [0.3, 0.4) is 0 Å². The van der Waals surface area contributed by atoms with Crippen molar-refractivity contribution in [3.8, 4) is 0 Å². The van der Waals surface area contributed by atoms with E-state index in [1.54, 1.807) is 7.05 Å². The van der Waals surface area contributed by atoms with E-state index in [4.69, 9.17) is 4.74 Å². The van der Waals surface area contributed by atoms with E-state index in [2.05, 4.69) is 15.6 Å². The number of likely N-dealkylation sites (tertiary alicyclic amines) is 1. The number of nitrogens with zero attached hydrogens (tertiary/aromatic N) is 2. The topological polar surface area (TPSA) is 66.0 Å². The van der Waals surface area contributed by atoms with Gasteiger partial charge in [-0.15, -0.1) is 24.0 Å². The molecule has 0 radical (unpaired) electrons. The number of amides is 1. The van der Waals surface area contributed by atoms with Crippen LogP contribution in [0.4, 0.5) is 4.79 Å². The molecule has 6 nitrogen and oxygen atoms in total. The molecule has 7 heteroatoms. The molecule has 1 aliphatic rings. The molecule has 0 aromatic carbocycles. The van der Waals surface area contributed by atoms with Gasteiger partial charge in [0.2, 0.25) is 0 Å². The van der Waals surface area contributed by atoms with Crippen LogP contribution in [0.5, 0.6) is 0 Å². The van der Waals surface area contributed by atoms with E-state index >= 15 is 0 Å². The fraction of sp³-hybridized carbons (Fsp3) is 0.857.